The molecule has 4 aromatic rings. The average Bonchev–Trinajstić information content (AvgIpc) is 3.15. The quantitative estimate of drug-likeness (QED) is 0.0474. The highest BCUT2D eigenvalue weighted by Crippen LogP contribution is 2.39. The predicted molar refractivity (Wildman–Crippen MR) is 197 cm³/mol. The number of nitrogens with zero attached hydrogens (tertiary/aromatic N) is 2. The van der Waals surface area contributed by atoms with Crippen LogP contribution >= 0.6 is 11.6 Å². The molecule has 2 amide bonds. The lowest BCUT2D eigenvalue weighted by Gasteiger charge is -2.21. The molecule has 0 saturated carbocycles. The molecule has 0 aliphatic carbocycles. The van der Waals surface area contributed by atoms with E-state index in [0.29, 0.717) is 28.4 Å². The van der Waals surface area contributed by atoms with Crippen LogP contribution in [0.5, 0.6) is 28.7 Å². The van der Waals surface area contributed by atoms with E-state index in [1.807, 2.05) is 24.3 Å². The first-order valence-electron chi connectivity index (χ1n) is 15.8. The van der Waals surface area contributed by atoms with Gasteiger partial charge in [0.25, 0.3) is 11.8 Å². The molecule has 0 saturated heterocycles. The average molecular weight is 715 g/mol. The van der Waals surface area contributed by atoms with Crippen molar-refractivity contribution in [1.29, 1.82) is 0 Å². The van der Waals surface area contributed by atoms with Gasteiger partial charge in [0.2, 0.25) is 5.75 Å². The van der Waals surface area contributed by atoms with Crippen molar-refractivity contribution in [1.82, 2.24) is 10.7 Å². The first-order valence-corrected chi connectivity index (χ1v) is 16.2. The minimum atomic E-state index is -0.693. The zero-order valence-electron chi connectivity index (χ0n) is 29.1. The molecule has 13 heteroatoms. The standard InChI is InChI=1S/C38H39ClN4O8/c1-7-43(8-2)27-16-13-24(14-17-27)19-30(41-36(44)28-11-9-10-12-29(28)39)37(45)42-40-23-25-15-18-31(32(20-25)47-3)51-38(46)26-21-33(48-4)35(50-6)34(22-26)49-5/h9-23H,7-8H2,1-6H3,(H,41,44)(H,42,45). The number of hydrazone groups is 1. The van der Waals surface area contributed by atoms with E-state index in [9.17, 15) is 14.4 Å². The highest BCUT2D eigenvalue weighted by atomic mass is 35.5. The first kappa shape index (κ1) is 37.8. The van der Waals surface area contributed by atoms with Gasteiger partial charge in [-0.3, -0.25) is 9.59 Å². The van der Waals surface area contributed by atoms with Crippen molar-refractivity contribution < 1.29 is 38.1 Å². The molecule has 0 radical (unpaired) electrons. The third-order valence-corrected chi connectivity index (χ3v) is 7.94. The smallest absolute Gasteiger partial charge is 0.343 e. The van der Waals surface area contributed by atoms with Crippen LogP contribution in [0.1, 0.15) is 45.7 Å². The van der Waals surface area contributed by atoms with Crippen LogP contribution in [0.25, 0.3) is 6.08 Å². The first-order chi connectivity index (χ1) is 24.6. The fraction of sp³-hybridized carbons (Fsp3) is 0.211. The third kappa shape index (κ3) is 9.58. The topological polar surface area (TPSA) is 137 Å². The third-order valence-electron chi connectivity index (χ3n) is 7.61. The van der Waals surface area contributed by atoms with Crippen molar-refractivity contribution in [3.8, 4) is 28.7 Å². The van der Waals surface area contributed by atoms with Gasteiger partial charge in [-0.25, -0.2) is 10.2 Å². The number of methoxy groups -OCH3 is 4. The summed E-state index contributed by atoms with van der Waals surface area (Å²) < 4.78 is 27.0. The molecule has 0 spiro atoms. The molecule has 0 aliphatic rings. The van der Waals surface area contributed by atoms with E-state index < -0.39 is 17.8 Å². The Balaban J connectivity index is 1.53. The molecule has 4 aromatic carbocycles. The highest BCUT2D eigenvalue weighted by Gasteiger charge is 2.20. The van der Waals surface area contributed by atoms with Crippen LogP contribution in [0.4, 0.5) is 5.69 Å². The Kier molecular flexibility index (Phi) is 13.4. The molecule has 0 aliphatic heterocycles. The lowest BCUT2D eigenvalue weighted by molar-refractivity contribution is -0.117. The summed E-state index contributed by atoms with van der Waals surface area (Å²) in [4.78, 5) is 41.7. The molecule has 0 fully saturated rings. The number of carbonyl (C=O) groups is 3. The zero-order valence-corrected chi connectivity index (χ0v) is 29.9. The second-order valence-corrected chi connectivity index (χ2v) is 11.1. The summed E-state index contributed by atoms with van der Waals surface area (Å²) in [5.41, 5.74) is 4.99. The number of benzene rings is 4. The number of halogens is 1. The minimum Gasteiger partial charge on any atom is -0.493 e. The number of anilines is 1. The molecule has 12 nitrogen and oxygen atoms in total. The Labute approximate surface area is 301 Å². The van der Waals surface area contributed by atoms with E-state index in [4.69, 9.17) is 35.3 Å². The highest BCUT2D eigenvalue weighted by molar-refractivity contribution is 6.34. The normalized spacial score (nSPS) is 11.1. The zero-order chi connectivity index (χ0) is 36.9. The Morgan fingerprint density at radius 3 is 1.98 bits per heavy atom. The second-order valence-electron chi connectivity index (χ2n) is 10.7. The number of ether oxygens (including phenoxy) is 5. The van der Waals surface area contributed by atoms with E-state index in [1.54, 1.807) is 42.5 Å². The Morgan fingerprint density at radius 1 is 0.765 bits per heavy atom. The predicted octanol–water partition coefficient (Wildman–Crippen LogP) is 6.36. The summed E-state index contributed by atoms with van der Waals surface area (Å²) in [5.74, 6) is -0.654. The Hall–Kier alpha value is -6.01. The van der Waals surface area contributed by atoms with Crippen LogP contribution in [-0.2, 0) is 4.79 Å². The van der Waals surface area contributed by atoms with Crippen LogP contribution in [0.15, 0.2) is 89.7 Å². The molecular formula is C38H39ClN4O8. The molecule has 4 rings (SSSR count). The number of amides is 2. The SMILES string of the molecule is CCN(CC)c1ccc(C=C(NC(=O)c2ccccc2Cl)C(=O)NN=Cc2ccc(OC(=O)c3cc(OC)c(OC)c(OC)c3)c(OC)c2)cc1. The van der Waals surface area contributed by atoms with Gasteiger partial charge in [-0.2, -0.15) is 5.10 Å². The molecule has 0 atom stereocenters. The molecule has 0 aromatic heterocycles. The lowest BCUT2D eigenvalue weighted by atomic mass is 10.1. The fourth-order valence-corrected chi connectivity index (χ4v) is 5.18. The summed E-state index contributed by atoms with van der Waals surface area (Å²) in [6.07, 6.45) is 2.92. The fourth-order valence-electron chi connectivity index (χ4n) is 4.96. The van der Waals surface area contributed by atoms with Gasteiger partial charge in [-0.1, -0.05) is 35.9 Å². The van der Waals surface area contributed by atoms with Crippen molar-refractivity contribution in [2.45, 2.75) is 13.8 Å². The minimum absolute atomic E-state index is 0.0562. The number of hydrogen-bond donors (Lipinski definition) is 2. The van der Waals surface area contributed by atoms with Gasteiger partial charge in [0.05, 0.1) is 50.8 Å². The maximum atomic E-state index is 13.4. The Bertz CT molecular complexity index is 1900. The largest absolute Gasteiger partial charge is 0.493 e. The number of hydrogen-bond acceptors (Lipinski definition) is 10. The van der Waals surface area contributed by atoms with Crippen LogP contribution in [0, 0.1) is 0 Å². The number of esters is 1. The maximum Gasteiger partial charge on any atom is 0.343 e. The molecule has 51 heavy (non-hydrogen) atoms. The van der Waals surface area contributed by atoms with Crippen molar-refractivity contribution >= 4 is 47.4 Å². The van der Waals surface area contributed by atoms with Gasteiger partial charge in [-0.15, -0.1) is 0 Å². The van der Waals surface area contributed by atoms with Gasteiger partial charge >= 0.3 is 5.97 Å². The van der Waals surface area contributed by atoms with Gasteiger partial charge in [0.15, 0.2) is 23.0 Å². The summed E-state index contributed by atoms with van der Waals surface area (Å²) in [7, 11) is 5.76. The molecule has 0 bridgehead atoms. The molecule has 2 N–H and O–H groups in total. The Morgan fingerprint density at radius 2 is 1.39 bits per heavy atom. The molecule has 266 valence electrons. The molecule has 0 heterocycles. The summed E-state index contributed by atoms with van der Waals surface area (Å²) in [6, 6.07) is 21.8. The van der Waals surface area contributed by atoms with Gasteiger partial charge in [-0.05, 0) is 85.6 Å². The van der Waals surface area contributed by atoms with Crippen molar-refractivity contribution in [3.05, 3.63) is 112 Å². The summed E-state index contributed by atoms with van der Waals surface area (Å²) >= 11 is 6.24. The van der Waals surface area contributed by atoms with Crippen LogP contribution in [0.3, 0.4) is 0 Å². The summed E-state index contributed by atoms with van der Waals surface area (Å²) in [5, 5.41) is 6.97. The monoisotopic (exact) mass is 714 g/mol. The van der Waals surface area contributed by atoms with E-state index in [1.165, 1.54) is 52.9 Å². The van der Waals surface area contributed by atoms with Crippen LogP contribution in [0.2, 0.25) is 5.02 Å². The van der Waals surface area contributed by atoms with Crippen molar-refractivity contribution in [2.24, 2.45) is 5.10 Å². The number of rotatable bonds is 15. The summed E-state index contributed by atoms with van der Waals surface area (Å²) in [6.45, 7) is 5.84. The molecule has 0 unspecified atom stereocenters. The maximum absolute atomic E-state index is 13.4. The number of carbonyl (C=O) groups excluding carboxylic acids is 3. The van der Waals surface area contributed by atoms with Gasteiger partial charge < -0.3 is 33.9 Å². The molecular weight excluding hydrogens is 676 g/mol. The van der Waals surface area contributed by atoms with E-state index >= 15 is 0 Å². The van der Waals surface area contributed by atoms with Gasteiger partial charge in [0, 0.05) is 18.8 Å². The van der Waals surface area contributed by atoms with Crippen molar-refractivity contribution in [2.75, 3.05) is 46.4 Å². The van der Waals surface area contributed by atoms with Crippen LogP contribution < -0.4 is 39.3 Å². The van der Waals surface area contributed by atoms with Crippen LogP contribution in [-0.4, -0.2) is 65.5 Å². The van der Waals surface area contributed by atoms with Crippen molar-refractivity contribution in [3.63, 3.8) is 0 Å². The van der Waals surface area contributed by atoms with E-state index in [2.05, 4.69) is 34.6 Å². The second kappa shape index (κ2) is 18.1. The van der Waals surface area contributed by atoms with E-state index in [0.717, 1.165) is 18.8 Å². The number of nitrogens with one attached hydrogen (secondary N) is 2. The van der Waals surface area contributed by atoms with E-state index in [-0.39, 0.29) is 33.3 Å². The lowest BCUT2D eigenvalue weighted by Crippen LogP contribution is -2.33. The van der Waals surface area contributed by atoms with Gasteiger partial charge in [0.1, 0.15) is 5.70 Å².